The van der Waals surface area contributed by atoms with E-state index in [2.05, 4.69) is 86.7 Å². The molecule has 2 aromatic carbocycles. The van der Waals surface area contributed by atoms with Crippen molar-refractivity contribution in [1.29, 1.82) is 0 Å². The van der Waals surface area contributed by atoms with Crippen LogP contribution in [0.5, 0.6) is 0 Å². The van der Waals surface area contributed by atoms with Crippen LogP contribution in [-0.2, 0) is 13.1 Å². The van der Waals surface area contributed by atoms with Crippen molar-refractivity contribution in [3.63, 3.8) is 0 Å². The average Bonchev–Trinajstić information content (AvgIpc) is 2.46. The minimum absolute atomic E-state index is 0.359. The highest BCUT2D eigenvalue weighted by Gasteiger charge is 2.07. The molecule has 0 radical (unpaired) electrons. The first-order chi connectivity index (χ1) is 10.1. The summed E-state index contributed by atoms with van der Waals surface area (Å²) in [6.07, 6.45) is 0. The lowest BCUT2D eigenvalue weighted by molar-refractivity contribution is 0.400. The lowest BCUT2D eigenvalue weighted by atomic mass is 10.0. The van der Waals surface area contributed by atoms with Crippen LogP contribution in [0.1, 0.15) is 35.2 Å². The summed E-state index contributed by atoms with van der Waals surface area (Å²) >= 11 is 0. The molecule has 2 heteroatoms. The van der Waals surface area contributed by atoms with Crippen LogP contribution in [-0.4, -0.2) is 19.0 Å². The van der Waals surface area contributed by atoms with Gasteiger partial charge in [0.15, 0.2) is 0 Å². The molecule has 0 aliphatic heterocycles. The molecular formula is C19H26N2. The molecule has 1 N–H and O–H groups in total. The molecule has 0 bridgehead atoms. The molecule has 0 aromatic heterocycles. The Morgan fingerprint density at radius 1 is 0.952 bits per heavy atom. The summed E-state index contributed by atoms with van der Waals surface area (Å²) in [7, 11) is 4.22. The van der Waals surface area contributed by atoms with Crippen LogP contribution in [0.4, 0.5) is 0 Å². The van der Waals surface area contributed by atoms with Gasteiger partial charge in [0.1, 0.15) is 0 Å². The first kappa shape index (κ1) is 15.7. The second-order valence-electron chi connectivity index (χ2n) is 6.02. The number of hydrogen-bond donors (Lipinski definition) is 1. The molecule has 0 saturated carbocycles. The van der Waals surface area contributed by atoms with Gasteiger partial charge in [0.05, 0.1) is 0 Å². The summed E-state index contributed by atoms with van der Waals surface area (Å²) in [6.45, 7) is 6.23. The minimum Gasteiger partial charge on any atom is -0.306 e. The van der Waals surface area contributed by atoms with Crippen LogP contribution in [0.3, 0.4) is 0 Å². The van der Waals surface area contributed by atoms with Crippen LogP contribution in [0.15, 0.2) is 48.5 Å². The van der Waals surface area contributed by atoms with Crippen LogP contribution < -0.4 is 5.32 Å². The zero-order chi connectivity index (χ0) is 15.2. The summed E-state index contributed by atoms with van der Waals surface area (Å²) in [6, 6.07) is 17.8. The second-order valence-corrected chi connectivity index (χ2v) is 6.02. The van der Waals surface area contributed by atoms with Crippen molar-refractivity contribution in [2.24, 2.45) is 0 Å². The predicted octanol–water partition coefficient (Wildman–Crippen LogP) is 3.91. The maximum atomic E-state index is 3.63. The number of hydrogen-bond acceptors (Lipinski definition) is 2. The van der Waals surface area contributed by atoms with E-state index in [0.29, 0.717) is 6.04 Å². The number of nitrogens with one attached hydrogen (secondary N) is 1. The zero-order valence-corrected chi connectivity index (χ0v) is 13.6. The van der Waals surface area contributed by atoms with E-state index in [1.165, 1.54) is 22.3 Å². The lowest BCUT2D eigenvalue weighted by Gasteiger charge is -2.18. The van der Waals surface area contributed by atoms with Gasteiger partial charge in [-0.1, -0.05) is 54.1 Å². The van der Waals surface area contributed by atoms with Crippen LogP contribution in [0, 0.1) is 6.92 Å². The molecule has 2 nitrogen and oxygen atoms in total. The van der Waals surface area contributed by atoms with Gasteiger partial charge >= 0.3 is 0 Å². The highest BCUT2D eigenvalue weighted by Crippen LogP contribution is 2.16. The van der Waals surface area contributed by atoms with E-state index in [-0.39, 0.29) is 0 Å². The molecule has 1 atom stereocenters. The second kappa shape index (κ2) is 7.39. The lowest BCUT2D eigenvalue weighted by Crippen LogP contribution is -2.20. The Morgan fingerprint density at radius 3 is 2.19 bits per heavy atom. The number of aryl methyl sites for hydroxylation is 1. The van der Waals surface area contributed by atoms with E-state index in [9.17, 15) is 0 Å². The Bertz CT molecular complexity index is 558. The Kier molecular flexibility index (Phi) is 5.54. The van der Waals surface area contributed by atoms with Crippen molar-refractivity contribution in [3.8, 4) is 0 Å². The minimum atomic E-state index is 0.359. The Balaban J connectivity index is 2.01. The average molecular weight is 282 g/mol. The standard InChI is InChI=1S/C19H26N2/c1-15-9-11-17(12-10-15)16(2)20-13-18-7-5-6-8-19(18)14-21(3)4/h5-12,16,20H,13-14H2,1-4H3. The fourth-order valence-electron chi connectivity index (χ4n) is 2.46. The van der Waals surface area contributed by atoms with Gasteiger partial charge in [0, 0.05) is 19.1 Å². The molecule has 2 rings (SSSR count). The van der Waals surface area contributed by atoms with Gasteiger partial charge in [-0.2, -0.15) is 0 Å². The van der Waals surface area contributed by atoms with E-state index < -0.39 is 0 Å². The van der Waals surface area contributed by atoms with E-state index in [0.717, 1.165) is 13.1 Å². The molecule has 1 unspecified atom stereocenters. The first-order valence-corrected chi connectivity index (χ1v) is 7.57. The van der Waals surface area contributed by atoms with Crippen molar-refractivity contribution >= 4 is 0 Å². The van der Waals surface area contributed by atoms with Crippen LogP contribution in [0.2, 0.25) is 0 Å². The van der Waals surface area contributed by atoms with Crippen molar-refractivity contribution in [2.75, 3.05) is 14.1 Å². The summed E-state index contributed by atoms with van der Waals surface area (Å²) in [5.74, 6) is 0. The maximum Gasteiger partial charge on any atom is 0.0294 e. The Hall–Kier alpha value is -1.64. The topological polar surface area (TPSA) is 15.3 Å². The summed E-state index contributed by atoms with van der Waals surface area (Å²) in [4.78, 5) is 2.21. The third-order valence-electron chi connectivity index (χ3n) is 3.78. The van der Waals surface area contributed by atoms with E-state index in [1.54, 1.807) is 0 Å². The Labute approximate surface area is 128 Å². The molecule has 2 aromatic rings. The van der Waals surface area contributed by atoms with Gasteiger partial charge in [-0.25, -0.2) is 0 Å². The van der Waals surface area contributed by atoms with Gasteiger partial charge in [-0.05, 0) is 44.6 Å². The van der Waals surface area contributed by atoms with Crippen molar-refractivity contribution < 1.29 is 0 Å². The van der Waals surface area contributed by atoms with Crippen molar-refractivity contribution in [1.82, 2.24) is 10.2 Å². The molecule has 0 amide bonds. The quantitative estimate of drug-likeness (QED) is 0.864. The Morgan fingerprint density at radius 2 is 1.57 bits per heavy atom. The fraction of sp³-hybridized carbons (Fsp3) is 0.368. The van der Waals surface area contributed by atoms with E-state index in [1.807, 2.05) is 0 Å². The highest BCUT2D eigenvalue weighted by atomic mass is 15.0. The first-order valence-electron chi connectivity index (χ1n) is 7.57. The normalized spacial score (nSPS) is 12.6. The highest BCUT2D eigenvalue weighted by molar-refractivity contribution is 5.28. The molecule has 0 fully saturated rings. The van der Waals surface area contributed by atoms with Gasteiger partial charge < -0.3 is 10.2 Å². The van der Waals surface area contributed by atoms with E-state index >= 15 is 0 Å². The third kappa shape index (κ3) is 4.69. The number of nitrogens with zero attached hydrogens (tertiary/aromatic N) is 1. The predicted molar refractivity (Wildman–Crippen MR) is 90.3 cm³/mol. The molecule has 0 spiro atoms. The SMILES string of the molecule is Cc1ccc(C(C)NCc2ccccc2CN(C)C)cc1. The third-order valence-corrected chi connectivity index (χ3v) is 3.78. The monoisotopic (exact) mass is 282 g/mol. The summed E-state index contributed by atoms with van der Waals surface area (Å²) in [5, 5.41) is 3.63. The fourth-order valence-corrected chi connectivity index (χ4v) is 2.46. The molecular weight excluding hydrogens is 256 g/mol. The number of rotatable bonds is 6. The van der Waals surface area contributed by atoms with Gasteiger partial charge in [0.2, 0.25) is 0 Å². The molecule has 21 heavy (non-hydrogen) atoms. The van der Waals surface area contributed by atoms with Gasteiger partial charge in [0.25, 0.3) is 0 Å². The van der Waals surface area contributed by atoms with Crippen molar-refractivity contribution in [3.05, 3.63) is 70.8 Å². The van der Waals surface area contributed by atoms with Gasteiger partial charge in [-0.15, -0.1) is 0 Å². The number of benzene rings is 2. The van der Waals surface area contributed by atoms with E-state index in [4.69, 9.17) is 0 Å². The van der Waals surface area contributed by atoms with Crippen molar-refractivity contribution in [2.45, 2.75) is 33.0 Å². The molecule has 0 aliphatic rings. The largest absolute Gasteiger partial charge is 0.306 e. The van der Waals surface area contributed by atoms with Crippen LogP contribution in [0.25, 0.3) is 0 Å². The summed E-state index contributed by atoms with van der Waals surface area (Å²) in [5.41, 5.74) is 5.42. The molecule has 0 saturated heterocycles. The molecule has 0 aliphatic carbocycles. The summed E-state index contributed by atoms with van der Waals surface area (Å²) < 4.78 is 0. The smallest absolute Gasteiger partial charge is 0.0294 e. The molecule has 0 heterocycles. The zero-order valence-electron chi connectivity index (χ0n) is 13.6. The van der Waals surface area contributed by atoms with Gasteiger partial charge in [-0.3, -0.25) is 0 Å². The molecule has 112 valence electrons. The van der Waals surface area contributed by atoms with Crippen LogP contribution >= 0.6 is 0 Å². The maximum absolute atomic E-state index is 3.63.